The molecule has 9 nitrogen and oxygen atoms in total. The molecule has 0 saturated heterocycles. The minimum atomic E-state index is 0.561. The number of anilines is 1. The Hall–Kier alpha value is -3.92. The van der Waals surface area contributed by atoms with Crippen molar-refractivity contribution in [3.63, 3.8) is 0 Å². The number of aromatic nitrogens is 3. The quantitative estimate of drug-likeness (QED) is 0.209. The van der Waals surface area contributed by atoms with Crippen LogP contribution in [0.4, 0.5) is 5.69 Å². The molecule has 0 amide bonds. The summed E-state index contributed by atoms with van der Waals surface area (Å²) in [6.45, 7) is 1.51. The molecule has 36 heavy (non-hydrogen) atoms. The van der Waals surface area contributed by atoms with E-state index in [2.05, 4.69) is 15.4 Å². The molecule has 5 rings (SSSR count). The Balaban J connectivity index is 1.19. The van der Waals surface area contributed by atoms with Crippen molar-refractivity contribution in [2.24, 2.45) is 0 Å². The van der Waals surface area contributed by atoms with Crippen molar-refractivity contribution < 1.29 is 23.4 Å². The second kappa shape index (κ2) is 10.8. The van der Waals surface area contributed by atoms with E-state index < -0.39 is 0 Å². The highest BCUT2D eigenvalue weighted by Gasteiger charge is 2.17. The Bertz CT molecular complexity index is 1410. The van der Waals surface area contributed by atoms with E-state index in [-0.39, 0.29) is 0 Å². The highest BCUT2D eigenvalue weighted by Crippen LogP contribution is 2.37. The fraction of sp³-hybridized carbons (Fsp3) is 0.308. The third kappa shape index (κ3) is 5.18. The van der Waals surface area contributed by atoms with E-state index in [1.165, 1.54) is 11.3 Å². The van der Waals surface area contributed by atoms with E-state index in [4.69, 9.17) is 23.4 Å². The molecular formula is C26H28N4O5S. The van der Waals surface area contributed by atoms with Gasteiger partial charge in [-0.15, -0.1) is 5.10 Å². The third-order valence-electron chi connectivity index (χ3n) is 5.76. The van der Waals surface area contributed by atoms with Crippen LogP contribution in [0, 0.1) is 0 Å². The smallest absolute Gasteiger partial charge is 0.294 e. The van der Waals surface area contributed by atoms with Crippen LogP contribution >= 0.6 is 11.3 Å². The van der Waals surface area contributed by atoms with Gasteiger partial charge < -0.3 is 28.7 Å². The summed E-state index contributed by atoms with van der Waals surface area (Å²) < 4.78 is 29.8. The van der Waals surface area contributed by atoms with Gasteiger partial charge >= 0.3 is 0 Å². The highest BCUT2D eigenvalue weighted by atomic mass is 32.1. The lowest BCUT2D eigenvalue weighted by Crippen LogP contribution is -2.03. The Morgan fingerprint density at radius 2 is 1.78 bits per heavy atom. The maximum absolute atomic E-state index is 6.15. The number of nitrogens with zero attached hydrogens (tertiary/aromatic N) is 3. The maximum Gasteiger partial charge on any atom is 0.294 e. The Morgan fingerprint density at radius 3 is 2.53 bits per heavy atom. The molecule has 2 aromatic carbocycles. The summed E-state index contributed by atoms with van der Waals surface area (Å²) in [6.07, 6.45) is 4.87. The number of hydrogen-bond acceptors (Lipinski definition) is 9. The van der Waals surface area contributed by atoms with Crippen molar-refractivity contribution >= 4 is 33.0 Å². The summed E-state index contributed by atoms with van der Waals surface area (Å²) >= 11 is 1.37. The van der Waals surface area contributed by atoms with Crippen molar-refractivity contribution in [1.82, 2.24) is 14.6 Å². The summed E-state index contributed by atoms with van der Waals surface area (Å²) in [5.74, 6) is 2.91. The number of hydrogen-bond donors (Lipinski definition) is 1. The molecule has 0 bridgehead atoms. The molecule has 0 saturated carbocycles. The highest BCUT2D eigenvalue weighted by molar-refractivity contribution is 7.18. The Kier molecular flexibility index (Phi) is 7.13. The first kappa shape index (κ1) is 23.8. The van der Waals surface area contributed by atoms with Crippen molar-refractivity contribution in [2.75, 3.05) is 39.8 Å². The van der Waals surface area contributed by atoms with E-state index in [9.17, 15) is 0 Å². The van der Waals surface area contributed by atoms with Gasteiger partial charge in [0.05, 0.1) is 39.5 Å². The van der Waals surface area contributed by atoms with E-state index in [1.54, 1.807) is 25.8 Å². The van der Waals surface area contributed by atoms with Gasteiger partial charge in [-0.3, -0.25) is 0 Å². The molecule has 0 aliphatic rings. The number of furan rings is 1. The molecule has 188 valence electrons. The number of rotatable bonds is 12. The van der Waals surface area contributed by atoms with Crippen molar-refractivity contribution in [1.29, 1.82) is 0 Å². The van der Waals surface area contributed by atoms with Crippen LogP contribution in [-0.2, 0) is 0 Å². The lowest BCUT2D eigenvalue weighted by molar-refractivity contribution is 0.307. The van der Waals surface area contributed by atoms with Crippen LogP contribution in [0.15, 0.2) is 53.1 Å². The van der Waals surface area contributed by atoms with Gasteiger partial charge in [0.1, 0.15) is 28.5 Å². The van der Waals surface area contributed by atoms with E-state index in [0.717, 1.165) is 53.3 Å². The van der Waals surface area contributed by atoms with E-state index in [1.807, 2.05) is 48.7 Å². The van der Waals surface area contributed by atoms with Crippen LogP contribution in [0.25, 0.3) is 27.4 Å². The molecule has 0 atom stereocenters. The maximum atomic E-state index is 6.15. The predicted octanol–water partition coefficient (Wildman–Crippen LogP) is 5.89. The third-order valence-corrected chi connectivity index (χ3v) is 6.64. The van der Waals surface area contributed by atoms with Crippen LogP contribution in [0.2, 0.25) is 0 Å². The van der Waals surface area contributed by atoms with Crippen molar-refractivity contribution in [3.8, 4) is 33.9 Å². The lowest BCUT2D eigenvalue weighted by atomic mass is 10.2. The number of ether oxygens (including phenoxy) is 4. The minimum absolute atomic E-state index is 0.561. The molecule has 0 spiro atoms. The first-order valence-electron chi connectivity index (χ1n) is 11.7. The largest absolute Gasteiger partial charge is 0.497 e. The summed E-state index contributed by atoms with van der Waals surface area (Å²) in [4.78, 5) is 5.35. The van der Waals surface area contributed by atoms with Gasteiger partial charge in [-0.05, 0) is 60.9 Å². The van der Waals surface area contributed by atoms with Crippen LogP contribution in [0.3, 0.4) is 0 Å². The van der Waals surface area contributed by atoms with Crippen LogP contribution < -0.4 is 24.3 Å². The van der Waals surface area contributed by atoms with Gasteiger partial charge in [-0.2, -0.15) is 0 Å². The monoisotopic (exact) mass is 508 g/mol. The van der Waals surface area contributed by atoms with E-state index >= 15 is 0 Å². The summed E-state index contributed by atoms with van der Waals surface area (Å²) in [6, 6.07) is 13.7. The number of nitrogens with one attached hydrogen (secondary N) is 1. The van der Waals surface area contributed by atoms with Gasteiger partial charge in [0.15, 0.2) is 5.76 Å². The predicted molar refractivity (Wildman–Crippen MR) is 140 cm³/mol. The van der Waals surface area contributed by atoms with Crippen molar-refractivity contribution in [3.05, 3.63) is 48.7 Å². The molecule has 0 aliphatic carbocycles. The number of fused-ring (bicyclic) bond motifs is 2. The molecule has 0 unspecified atom stereocenters. The summed E-state index contributed by atoms with van der Waals surface area (Å²) in [5, 5.41) is 9.20. The fourth-order valence-corrected chi connectivity index (χ4v) is 4.56. The standard InChI is InChI=1S/C26H28N4O5S/c1-31-18-9-7-17(8-10-18)27-11-5-4-6-12-34-22-13-19(32-2)14-23-20(22)15-24(35-23)21-16-30-25(28-21)36-26(29-30)33-3/h7-10,13-16,27H,4-6,11-12H2,1-3H3. The number of benzene rings is 2. The van der Waals surface area contributed by atoms with Gasteiger partial charge in [0.25, 0.3) is 5.19 Å². The van der Waals surface area contributed by atoms with Gasteiger partial charge in [-0.25, -0.2) is 9.50 Å². The first-order chi connectivity index (χ1) is 17.7. The topological polar surface area (TPSA) is 92.3 Å². The minimum Gasteiger partial charge on any atom is -0.497 e. The fourth-order valence-electron chi connectivity index (χ4n) is 3.86. The summed E-state index contributed by atoms with van der Waals surface area (Å²) in [7, 11) is 4.89. The zero-order chi connectivity index (χ0) is 24.9. The molecule has 0 aliphatic heterocycles. The molecule has 3 aromatic heterocycles. The van der Waals surface area contributed by atoms with Gasteiger partial charge in [0.2, 0.25) is 4.96 Å². The molecule has 0 fully saturated rings. The zero-order valence-corrected chi connectivity index (χ0v) is 21.3. The van der Waals surface area contributed by atoms with Crippen LogP contribution in [0.1, 0.15) is 19.3 Å². The normalized spacial score (nSPS) is 11.2. The molecular weight excluding hydrogens is 480 g/mol. The zero-order valence-electron chi connectivity index (χ0n) is 20.4. The molecule has 1 N–H and O–H groups in total. The van der Waals surface area contributed by atoms with Gasteiger partial charge in [0, 0.05) is 24.4 Å². The van der Waals surface area contributed by atoms with Crippen LogP contribution in [0.5, 0.6) is 22.4 Å². The number of imidazole rings is 1. The average Bonchev–Trinajstić information content (AvgIpc) is 3.61. The first-order valence-corrected chi connectivity index (χ1v) is 12.5. The molecule has 5 aromatic rings. The lowest BCUT2D eigenvalue weighted by Gasteiger charge is -2.10. The van der Waals surface area contributed by atoms with Crippen molar-refractivity contribution in [2.45, 2.75) is 19.3 Å². The second-order valence-electron chi connectivity index (χ2n) is 8.14. The SMILES string of the molecule is COc1ccc(NCCCCCOc2cc(OC)cc3oc(-c4cn5nc(OC)sc5n4)cc23)cc1. The average molecular weight is 509 g/mol. The Labute approximate surface area is 212 Å². The number of unbranched alkanes of at least 4 members (excludes halogenated alkanes) is 2. The Morgan fingerprint density at radius 1 is 0.944 bits per heavy atom. The number of methoxy groups -OCH3 is 3. The molecule has 0 radical (unpaired) electrons. The second-order valence-corrected chi connectivity index (χ2v) is 9.06. The summed E-state index contributed by atoms with van der Waals surface area (Å²) in [5.41, 5.74) is 2.47. The molecule has 3 heterocycles. The van der Waals surface area contributed by atoms with Crippen LogP contribution in [-0.4, -0.2) is 49.1 Å². The van der Waals surface area contributed by atoms with Gasteiger partial charge in [-0.1, -0.05) is 0 Å². The molecule has 10 heteroatoms. The van der Waals surface area contributed by atoms with E-state index in [0.29, 0.717) is 34.6 Å².